The van der Waals surface area contributed by atoms with Gasteiger partial charge in [-0.15, -0.1) is 0 Å². The van der Waals surface area contributed by atoms with Crippen LogP contribution in [-0.4, -0.2) is 47.2 Å². The fourth-order valence-electron chi connectivity index (χ4n) is 1.80. The fourth-order valence-corrected chi connectivity index (χ4v) is 1.80. The van der Waals surface area contributed by atoms with Crippen molar-refractivity contribution < 1.29 is 0 Å². The molecule has 1 fully saturated rings. The lowest BCUT2D eigenvalue weighted by Crippen LogP contribution is -2.45. The number of rotatable bonds is 3. The summed E-state index contributed by atoms with van der Waals surface area (Å²) < 4.78 is 1.53. The molecule has 1 aromatic rings. The zero-order valence-corrected chi connectivity index (χ0v) is 9.11. The normalized spacial score (nSPS) is 17.5. The number of aromatic nitrogens is 2. The molecule has 1 aromatic heterocycles. The first-order valence-corrected chi connectivity index (χ1v) is 5.48. The van der Waals surface area contributed by atoms with Crippen molar-refractivity contribution in [3.05, 3.63) is 33.1 Å². The van der Waals surface area contributed by atoms with Gasteiger partial charge in [-0.1, -0.05) is 0 Å². The number of nitrogens with zero attached hydrogens (tertiary/aromatic N) is 2. The number of piperazine rings is 1. The fraction of sp³-hybridized carbons (Fsp3) is 0.600. The molecule has 0 atom stereocenters. The molecule has 0 aliphatic carbocycles. The van der Waals surface area contributed by atoms with Gasteiger partial charge in [0, 0.05) is 51.5 Å². The SMILES string of the molecule is O=c1ccn(CCN2CCNCC2)c(=O)[nH]1. The van der Waals surface area contributed by atoms with Crippen LogP contribution in [0.5, 0.6) is 0 Å². The van der Waals surface area contributed by atoms with E-state index in [2.05, 4.69) is 15.2 Å². The van der Waals surface area contributed by atoms with Gasteiger partial charge in [-0.3, -0.25) is 19.2 Å². The minimum atomic E-state index is -0.344. The second kappa shape index (κ2) is 5.09. The Morgan fingerprint density at radius 2 is 1.94 bits per heavy atom. The summed E-state index contributed by atoms with van der Waals surface area (Å²) in [6.07, 6.45) is 1.55. The maximum Gasteiger partial charge on any atom is 0.328 e. The second-order valence-corrected chi connectivity index (χ2v) is 3.90. The second-order valence-electron chi connectivity index (χ2n) is 3.90. The van der Waals surface area contributed by atoms with Crippen LogP contribution in [0.1, 0.15) is 0 Å². The molecule has 16 heavy (non-hydrogen) atoms. The van der Waals surface area contributed by atoms with Gasteiger partial charge in [0.25, 0.3) is 5.56 Å². The Balaban J connectivity index is 1.93. The lowest BCUT2D eigenvalue weighted by Gasteiger charge is -2.27. The third-order valence-corrected chi connectivity index (χ3v) is 2.76. The van der Waals surface area contributed by atoms with Crippen LogP contribution in [0.2, 0.25) is 0 Å². The number of aromatic amines is 1. The topological polar surface area (TPSA) is 70.1 Å². The predicted octanol–water partition coefficient (Wildman–Crippen LogP) is -1.56. The average Bonchev–Trinajstić information content (AvgIpc) is 2.29. The highest BCUT2D eigenvalue weighted by Crippen LogP contribution is 1.92. The van der Waals surface area contributed by atoms with Gasteiger partial charge in [0.1, 0.15) is 0 Å². The van der Waals surface area contributed by atoms with Gasteiger partial charge < -0.3 is 5.32 Å². The molecule has 1 saturated heterocycles. The first-order valence-electron chi connectivity index (χ1n) is 5.48. The first-order chi connectivity index (χ1) is 7.75. The van der Waals surface area contributed by atoms with Crippen LogP contribution in [0.25, 0.3) is 0 Å². The molecule has 0 bridgehead atoms. The summed E-state index contributed by atoms with van der Waals surface area (Å²) in [5.74, 6) is 0. The Morgan fingerprint density at radius 3 is 2.62 bits per heavy atom. The molecule has 2 N–H and O–H groups in total. The average molecular weight is 224 g/mol. The molecule has 6 heteroatoms. The van der Waals surface area contributed by atoms with Gasteiger partial charge in [-0.05, 0) is 0 Å². The van der Waals surface area contributed by atoms with Gasteiger partial charge in [0.2, 0.25) is 0 Å². The highest BCUT2D eigenvalue weighted by molar-refractivity contribution is 4.82. The van der Waals surface area contributed by atoms with Crippen molar-refractivity contribution in [3.8, 4) is 0 Å². The first kappa shape index (κ1) is 11.1. The van der Waals surface area contributed by atoms with Crippen molar-refractivity contribution in [2.75, 3.05) is 32.7 Å². The van der Waals surface area contributed by atoms with Crippen LogP contribution in [-0.2, 0) is 6.54 Å². The van der Waals surface area contributed by atoms with Crippen molar-refractivity contribution in [2.24, 2.45) is 0 Å². The van der Waals surface area contributed by atoms with Gasteiger partial charge in [0.15, 0.2) is 0 Å². The van der Waals surface area contributed by atoms with Crippen LogP contribution in [0.4, 0.5) is 0 Å². The molecule has 0 unspecified atom stereocenters. The molecule has 6 nitrogen and oxygen atoms in total. The Labute approximate surface area is 92.9 Å². The van der Waals surface area contributed by atoms with Crippen molar-refractivity contribution in [1.29, 1.82) is 0 Å². The summed E-state index contributed by atoms with van der Waals surface area (Å²) in [4.78, 5) is 26.8. The van der Waals surface area contributed by atoms with E-state index in [0.717, 1.165) is 32.7 Å². The molecule has 0 radical (unpaired) electrons. The van der Waals surface area contributed by atoms with Gasteiger partial charge >= 0.3 is 5.69 Å². The van der Waals surface area contributed by atoms with Crippen molar-refractivity contribution in [2.45, 2.75) is 6.54 Å². The molecule has 1 aliphatic rings. The maximum atomic E-state index is 11.4. The van der Waals surface area contributed by atoms with Crippen LogP contribution in [0.15, 0.2) is 21.9 Å². The van der Waals surface area contributed by atoms with Crippen LogP contribution in [0.3, 0.4) is 0 Å². The molecular formula is C10H16N4O2. The molecule has 0 amide bonds. The summed E-state index contributed by atoms with van der Waals surface area (Å²) in [5, 5.41) is 3.27. The molecule has 0 aromatic carbocycles. The Morgan fingerprint density at radius 1 is 1.19 bits per heavy atom. The molecular weight excluding hydrogens is 208 g/mol. The van der Waals surface area contributed by atoms with E-state index in [0.29, 0.717) is 6.54 Å². The Hall–Kier alpha value is -1.40. The predicted molar refractivity (Wildman–Crippen MR) is 60.6 cm³/mol. The Kier molecular flexibility index (Phi) is 3.53. The van der Waals surface area contributed by atoms with E-state index in [1.807, 2.05) is 0 Å². The van der Waals surface area contributed by atoms with E-state index in [4.69, 9.17) is 0 Å². The van der Waals surface area contributed by atoms with E-state index >= 15 is 0 Å². The molecule has 0 saturated carbocycles. The lowest BCUT2D eigenvalue weighted by atomic mass is 10.3. The largest absolute Gasteiger partial charge is 0.328 e. The molecule has 1 aliphatic heterocycles. The molecule has 2 heterocycles. The lowest BCUT2D eigenvalue weighted by molar-refractivity contribution is 0.231. The summed E-state index contributed by atoms with van der Waals surface area (Å²) in [5.41, 5.74) is -0.675. The monoisotopic (exact) mass is 224 g/mol. The van der Waals surface area contributed by atoms with Gasteiger partial charge in [-0.25, -0.2) is 4.79 Å². The Bertz CT molecular complexity index is 445. The van der Waals surface area contributed by atoms with Crippen molar-refractivity contribution in [3.63, 3.8) is 0 Å². The number of H-pyrrole nitrogens is 1. The smallest absolute Gasteiger partial charge is 0.314 e. The number of hydrogen-bond acceptors (Lipinski definition) is 4. The van der Waals surface area contributed by atoms with Gasteiger partial charge in [0.05, 0.1) is 0 Å². The van der Waals surface area contributed by atoms with Crippen molar-refractivity contribution in [1.82, 2.24) is 19.8 Å². The third-order valence-electron chi connectivity index (χ3n) is 2.76. The molecule has 0 spiro atoms. The summed E-state index contributed by atoms with van der Waals surface area (Å²) in [7, 11) is 0. The highest BCUT2D eigenvalue weighted by Gasteiger charge is 2.09. The van der Waals surface area contributed by atoms with Crippen LogP contribution >= 0.6 is 0 Å². The number of hydrogen-bond donors (Lipinski definition) is 2. The quantitative estimate of drug-likeness (QED) is 0.651. The third kappa shape index (κ3) is 2.80. The van der Waals surface area contributed by atoms with E-state index in [-0.39, 0.29) is 11.2 Å². The van der Waals surface area contributed by atoms with Gasteiger partial charge in [-0.2, -0.15) is 0 Å². The van der Waals surface area contributed by atoms with E-state index in [1.165, 1.54) is 10.6 Å². The summed E-state index contributed by atoms with van der Waals surface area (Å²) in [6.45, 7) is 5.49. The van der Waals surface area contributed by atoms with Crippen molar-refractivity contribution >= 4 is 0 Å². The number of nitrogens with one attached hydrogen (secondary N) is 2. The zero-order valence-electron chi connectivity index (χ0n) is 9.11. The molecule has 88 valence electrons. The standard InChI is InChI=1S/C10H16N4O2/c15-9-1-4-14(10(16)12-9)8-7-13-5-2-11-3-6-13/h1,4,11H,2-3,5-8H2,(H,12,15,16). The minimum absolute atomic E-state index is 0.331. The maximum absolute atomic E-state index is 11.4. The highest BCUT2D eigenvalue weighted by atomic mass is 16.2. The zero-order chi connectivity index (χ0) is 11.4. The summed E-state index contributed by atoms with van der Waals surface area (Å²) in [6, 6.07) is 1.37. The summed E-state index contributed by atoms with van der Waals surface area (Å²) >= 11 is 0. The van der Waals surface area contributed by atoms with Crippen LogP contribution < -0.4 is 16.6 Å². The van der Waals surface area contributed by atoms with E-state index in [9.17, 15) is 9.59 Å². The van der Waals surface area contributed by atoms with E-state index < -0.39 is 0 Å². The minimum Gasteiger partial charge on any atom is -0.314 e. The van der Waals surface area contributed by atoms with E-state index in [1.54, 1.807) is 6.20 Å². The van der Waals surface area contributed by atoms with Crippen LogP contribution in [0, 0.1) is 0 Å². The molecule has 2 rings (SSSR count).